The quantitative estimate of drug-likeness (QED) is 0.726. The van der Waals surface area contributed by atoms with Crippen molar-refractivity contribution in [3.05, 3.63) is 35.6 Å². The van der Waals surface area contributed by atoms with Gasteiger partial charge < -0.3 is 5.11 Å². The molecule has 24 heavy (non-hydrogen) atoms. The number of carbonyl (C=O) groups is 2. The summed E-state index contributed by atoms with van der Waals surface area (Å²) < 4.78 is 2.91. The van der Waals surface area contributed by atoms with Gasteiger partial charge in [0.1, 0.15) is 11.7 Å². The highest BCUT2D eigenvalue weighted by atomic mass is 32.1. The van der Waals surface area contributed by atoms with Gasteiger partial charge in [0.15, 0.2) is 10.8 Å². The predicted octanol–water partition coefficient (Wildman–Crippen LogP) is 1.64. The van der Waals surface area contributed by atoms with Crippen LogP contribution >= 0.6 is 11.3 Å². The molecule has 0 saturated heterocycles. The number of aromatic nitrogens is 5. The molecule has 0 spiro atoms. The van der Waals surface area contributed by atoms with E-state index in [-0.39, 0.29) is 5.69 Å². The standard InChI is InChI=1S/C14H14N6O3S/c1-8(13(22)23)20-6-4-9(18-20)12(21)17-14-16-10(7-24-14)11-3-5-15-19(11)2/h3-8H,1-2H3,(H,22,23)(H,16,17,21). The Morgan fingerprint density at radius 1 is 1.38 bits per heavy atom. The van der Waals surface area contributed by atoms with Crippen LogP contribution in [0.5, 0.6) is 0 Å². The van der Waals surface area contributed by atoms with Gasteiger partial charge >= 0.3 is 5.97 Å². The molecule has 2 N–H and O–H groups in total. The van der Waals surface area contributed by atoms with Crippen LogP contribution in [0.2, 0.25) is 0 Å². The minimum Gasteiger partial charge on any atom is -0.480 e. The van der Waals surface area contributed by atoms with Crippen LogP contribution in [0, 0.1) is 0 Å². The van der Waals surface area contributed by atoms with E-state index in [9.17, 15) is 9.59 Å². The van der Waals surface area contributed by atoms with Gasteiger partial charge in [-0.25, -0.2) is 9.78 Å². The SMILES string of the molecule is CC(C(=O)O)n1ccc(C(=O)Nc2nc(-c3ccnn3C)cs2)n1. The maximum Gasteiger partial charge on any atom is 0.328 e. The second kappa shape index (κ2) is 6.24. The molecule has 0 fully saturated rings. The number of nitrogens with zero attached hydrogens (tertiary/aromatic N) is 5. The van der Waals surface area contributed by atoms with Gasteiger partial charge in [-0.1, -0.05) is 0 Å². The van der Waals surface area contributed by atoms with Crippen LogP contribution < -0.4 is 5.32 Å². The number of hydrogen-bond donors (Lipinski definition) is 2. The van der Waals surface area contributed by atoms with E-state index in [1.165, 1.54) is 35.2 Å². The molecule has 0 aliphatic carbocycles. The molecule has 9 nitrogen and oxygen atoms in total. The van der Waals surface area contributed by atoms with Gasteiger partial charge in [0.05, 0.1) is 5.69 Å². The molecule has 3 heterocycles. The summed E-state index contributed by atoms with van der Waals surface area (Å²) in [6.45, 7) is 1.48. The van der Waals surface area contributed by atoms with Crippen molar-refractivity contribution in [2.24, 2.45) is 7.05 Å². The van der Waals surface area contributed by atoms with E-state index in [1.807, 2.05) is 18.5 Å². The summed E-state index contributed by atoms with van der Waals surface area (Å²) in [7, 11) is 1.81. The van der Waals surface area contributed by atoms with E-state index >= 15 is 0 Å². The zero-order valence-corrected chi connectivity index (χ0v) is 13.7. The van der Waals surface area contributed by atoms with Gasteiger partial charge in [-0.3, -0.25) is 19.5 Å². The first-order valence-electron chi connectivity index (χ1n) is 6.99. The number of rotatable bonds is 5. The Morgan fingerprint density at radius 2 is 2.17 bits per heavy atom. The molecule has 3 rings (SSSR count). The average Bonchev–Trinajstić information content (AvgIpc) is 3.26. The lowest BCUT2D eigenvalue weighted by atomic mass is 10.3. The molecule has 10 heteroatoms. The third-order valence-corrected chi connectivity index (χ3v) is 4.16. The molecule has 0 saturated carbocycles. The number of carboxylic acids is 1. The molecule has 3 aromatic heterocycles. The number of amides is 1. The van der Waals surface area contributed by atoms with E-state index in [1.54, 1.807) is 10.9 Å². The topological polar surface area (TPSA) is 115 Å². The van der Waals surface area contributed by atoms with Gasteiger partial charge in [0.2, 0.25) is 0 Å². The Morgan fingerprint density at radius 3 is 2.83 bits per heavy atom. The summed E-state index contributed by atoms with van der Waals surface area (Å²) >= 11 is 1.28. The summed E-state index contributed by atoms with van der Waals surface area (Å²) in [5, 5.41) is 21.9. The zero-order chi connectivity index (χ0) is 17.3. The molecule has 0 aliphatic heterocycles. The smallest absolute Gasteiger partial charge is 0.328 e. The average molecular weight is 346 g/mol. The number of aryl methyl sites for hydroxylation is 1. The van der Waals surface area contributed by atoms with E-state index in [4.69, 9.17) is 5.11 Å². The van der Waals surface area contributed by atoms with Gasteiger partial charge in [0.25, 0.3) is 5.91 Å². The maximum atomic E-state index is 12.2. The Bertz CT molecular complexity index is 896. The summed E-state index contributed by atoms with van der Waals surface area (Å²) in [6.07, 6.45) is 3.12. The minimum absolute atomic E-state index is 0.125. The Labute approximate surface area is 140 Å². The molecular formula is C14H14N6O3S. The van der Waals surface area contributed by atoms with E-state index in [0.717, 1.165) is 5.69 Å². The molecule has 0 aromatic carbocycles. The molecule has 0 bridgehead atoms. The van der Waals surface area contributed by atoms with Crippen molar-refractivity contribution >= 4 is 28.3 Å². The Hall–Kier alpha value is -3.01. The molecule has 3 aromatic rings. The number of hydrogen-bond acceptors (Lipinski definition) is 6. The minimum atomic E-state index is -1.02. The van der Waals surface area contributed by atoms with Crippen molar-refractivity contribution in [1.82, 2.24) is 24.5 Å². The largest absolute Gasteiger partial charge is 0.480 e. The van der Waals surface area contributed by atoms with Crippen LogP contribution in [0.3, 0.4) is 0 Å². The second-order valence-electron chi connectivity index (χ2n) is 5.03. The number of thiazole rings is 1. The molecular weight excluding hydrogens is 332 g/mol. The highest BCUT2D eigenvalue weighted by molar-refractivity contribution is 7.14. The molecule has 124 valence electrons. The third-order valence-electron chi connectivity index (χ3n) is 3.40. The number of carbonyl (C=O) groups excluding carboxylic acids is 1. The monoisotopic (exact) mass is 346 g/mol. The lowest BCUT2D eigenvalue weighted by Crippen LogP contribution is -2.18. The van der Waals surface area contributed by atoms with Crippen molar-refractivity contribution in [3.8, 4) is 11.4 Å². The van der Waals surface area contributed by atoms with Gasteiger partial charge in [0, 0.05) is 24.8 Å². The third kappa shape index (κ3) is 3.04. The number of carboxylic acid groups (broad SMARTS) is 1. The second-order valence-corrected chi connectivity index (χ2v) is 5.89. The van der Waals surface area contributed by atoms with E-state index in [0.29, 0.717) is 10.8 Å². The maximum absolute atomic E-state index is 12.2. The van der Waals surface area contributed by atoms with Crippen molar-refractivity contribution in [2.75, 3.05) is 5.32 Å². The number of aliphatic carboxylic acids is 1. The summed E-state index contributed by atoms with van der Waals surface area (Å²) in [5.41, 5.74) is 1.67. The van der Waals surface area contributed by atoms with Crippen LogP contribution in [0.4, 0.5) is 5.13 Å². The fourth-order valence-electron chi connectivity index (χ4n) is 2.02. The van der Waals surface area contributed by atoms with Crippen LogP contribution in [0.25, 0.3) is 11.4 Å². The van der Waals surface area contributed by atoms with Gasteiger partial charge in [-0.15, -0.1) is 11.3 Å². The van der Waals surface area contributed by atoms with E-state index < -0.39 is 17.9 Å². The summed E-state index contributed by atoms with van der Waals surface area (Å²) in [4.78, 5) is 27.5. The normalized spacial score (nSPS) is 12.1. The summed E-state index contributed by atoms with van der Waals surface area (Å²) in [5.74, 6) is -1.47. The zero-order valence-electron chi connectivity index (χ0n) is 12.9. The highest BCUT2D eigenvalue weighted by Crippen LogP contribution is 2.24. The Balaban J connectivity index is 1.73. The van der Waals surface area contributed by atoms with Crippen LogP contribution in [0.1, 0.15) is 23.5 Å². The lowest BCUT2D eigenvalue weighted by molar-refractivity contribution is -0.140. The van der Waals surface area contributed by atoms with Gasteiger partial charge in [-0.05, 0) is 19.1 Å². The first-order valence-corrected chi connectivity index (χ1v) is 7.87. The molecule has 0 radical (unpaired) electrons. The number of nitrogens with one attached hydrogen (secondary N) is 1. The van der Waals surface area contributed by atoms with Crippen molar-refractivity contribution < 1.29 is 14.7 Å². The lowest BCUT2D eigenvalue weighted by Gasteiger charge is -2.05. The Kier molecular flexibility index (Phi) is 4.13. The van der Waals surface area contributed by atoms with Crippen LogP contribution in [-0.4, -0.2) is 41.5 Å². The van der Waals surface area contributed by atoms with Crippen molar-refractivity contribution in [2.45, 2.75) is 13.0 Å². The first kappa shape index (κ1) is 15.9. The highest BCUT2D eigenvalue weighted by Gasteiger charge is 2.18. The predicted molar refractivity (Wildman–Crippen MR) is 86.8 cm³/mol. The van der Waals surface area contributed by atoms with Crippen molar-refractivity contribution in [3.63, 3.8) is 0 Å². The summed E-state index contributed by atoms with van der Waals surface area (Å²) in [6, 6.07) is 2.45. The van der Waals surface area contributed by atoms with Crippen LogP contribution in [-0.2, 0) is 11.8 Å². The fourth-order valence-corrected chi connectivity index (χ4v) is 2.72. The number of anilines is 1. The molecule has 0 aliphatic rings. The van der Waals surface area contributed by atoms with Crippen molar-refractivity contribution in [1.29, 1.82) is 0 Å². The fraction of sp³-hybridized carbons (Fsp3) is 0.214. The molecule has 1 unspecified atom stereocenters. The molecule has 1 atom stereocenters. The van der Waals surface area contributed by atoms with Gasteiger partial charge in [-0.2, -0.15) is 10.2 Å². The van der Waals surface area contributed by atoms with E-state index in [2.05, 4.69) is 20.5 Å². The van der Waals surface area contributed by atoms with Crippen LogP contribution in [0.15, 0.2) is 29.9 Å². The molecule has 1 amide bonds. The first-order chi connectivity index (χ1) is 11.5.